The first-order chi connectivity index (χ1) is 11.6. The zero-order chi connectivity index (χ0) is 17.4. The highest BCUT2D eigenvalue weighted by atomic mass is 16.5. The van der Waals surface area contributed by atoms with Gasteiger partial charge in [-0.3, -0.25) is 9.69 Å². The number of rotatable bonds is 8. The number of nitrogens with one attached hydrogen (secondary N) is 1. The predicted octanol–water partition coefficient (Wildman–Crippen LogP) is 3.39. The zero-order valence-electron chi connectivity index (χ0n) is 14.7. The molecule has 0 saturated heterocycles. The van der Waals surface area contributed by atoms with E-state index in [0.29, 0.717) is 19.7 Å². The second-order valence-electron chi connectivity index (χ2n) is 6.06. The number of ether oxygens (including phenoxy) is 1. The van der Waals surface area contributed by atoms with Crippen LogP contribution in [-0.4, -0.2) is 37.6 Å². The van der Waals surface area contributed by atoms with Crippen LogP contribution < -0.4 is 5.32 Å². The summed E-state index contributed by atoms with van der Waals surface area (Å²) in [5.74, 6) is -0.00395. The van der Waals surface area contributed by atoms with Crippen molar-refractivity contribution in [2.24, 2.45) is 0 Å². The second kappa shape index (κ2) is 9.21. The van der Waals surface area contributed by atoms with Crippen molar-refractivity contribution in [3.63, 3.8) is 0 Å². The Morgan fingerprint density at radius 1 is 1.12 bits per heavy atom. The van der Waals surface area contributed by atoms with Gasteiger partial charge in [0.15, 0.2) is 0 Å². The molecule has 2 rings (SSSR count). The van der Waals surface area contributed by atoms with Crippen molar-refractivity contribution in [1.29, 1.82) is 0 Å². The third kappa shape index (κ3) is 5.80. The average molecular weight is 326 g/mol. The molecule has 0 radical (unpaired) electrons. The van der Waals surface area contributed by atoms with Crippen molar-refractivity contribution in [3.8, 4) is 0 Å². The Kier molecular flexibility index (Phi) is 6.97. The van der Waals surface area contributed by atoms with Gasteiger partial charge in [0.1, 0.15) is 0 Å². The van der Waals surface area contributed by atoms with Gasteiger partial charge >= 0.3 is 0 Å². The number of amides is 1. The molecule has 128 valence electrons. The normalized spacial score (nSPS) is 10.8. The van der Waals surface area contributed by atoms with E-state index in [-0.39, 0.29) is 5.91 Å². The first-order valence-electron chi connectivity index (χ1n) is 8.21. The lowest BCUT2D eigenvalue weighted by atomic mass is 10.1. The smallest absolute Gasteiger partial charge is 0.238 e. The lowest BCUT2D eigenvalue weighted by Gasteiger charge is -2.22. The van der Waals surface area contributed by atoms with Crippen LogP contribution in [-0.2, 0) is 16.1 Å². The minimum atomic E-state index is -0.00395. The summed E-state index contributed by atoms with van der Waals surface area (Å²) in [7, 11) is 1.68. The number of carbonyl (C=O) groups is 1. The van der Waals surface area contributed by atoms with E-state index < -0.39 is 0 Å². The van der Waals surface area contributed by atoms with Crippen LogP contribution in [0.25, 0.3) is 0 Å². The molecule has 2 aromatic rings. The fraction of sp³-hybridized carbons (Fsp3) is 0.350. The maximum absolute atomic E-state index is 12.4. The third-order valence-corrected chi connectivity index (χ3v) is 3.90. The van der Waals surface area contributed by atoms with Crippen molar-refractivity contribution in [2.75, 3.05) is 32.1 Å². The Balaban J connectivity index is 1.99. The summed E-state index contributed by atoms with van der Waals surface area (Å²) in [5.41, 5.74) is 4.27. The monoisotopic (exact) mass is 326 g/mol. The largest absolute Gasteiger partial charge is 0.383 e. The minimum absolute atomic E-state index is 0.00395. The van der Waals surface area contributed by atoms with Gasteiger partial charge in [-0.05, 0) is 36.6 Å². The van der Waals surface area contributed by atoms with Crippen LogP contribution in [0, 0.1) is 13.8 Å². The van der Waals surface area contributed by atoms with Crippen LogP contribution in [0.15, 0.2) is 48.5 Å². The standard InChI is InChI=1S/C20H26N2O2/c1-16-9-10-17(2)19(13-16)21-20(23)15-22(11-12-24-3)14-18-7-5-4-6-8-18/h4-10,13H,11-12,14-15H2,1-3H3,(H,21,23). The molecule has 24 heavy (non-hydrogen) atoms. The summed E-state index contributed by atoms with van der Waals surface area (Å²) in [4.78, 5) is 14.5. The third-order valence-electron chi connectivity index (χ3n) is 3.90. The first kappa shape index (κ1) is 18.2. The molecule has 0 aromatic heterocycles. The van der Waals surface area contributed by atoms with Crippen LogP contribution in [0.1, 0.15) is 16.7 Å². The van der Waals surface area contributed by atoms with E-state index in [1.165, 1.54) is 5.56 Å². The maximum Gasteiger partial charge on any atom is 0.238 e. The number of hydrogen-bond donors (Lipinski definition) is 1. The average Bonchev–Trinajstić information content (AvgIpc) is 2.57. The van der Waals surface area contributed by atoms with Crippen molar-refractivity contribution in [3.05, 3.63) is 65.2 Å². The quantitative estimate of drug-likeness (QED) is 0.808. The number of carbonyl (C=O) groups excluding carboxylic acids is 1. The van der Waals surface area contributed by atoms with Crippen LogP contribution >= 0.6 is 0 Å². The second-order valence-corrected chi connectivity index (χ2v) is 6.06. The summed E-state index contributed by atoms with van der Waals surface area (Å²) < 4.78 is 5.17. The fourth-order valence-corrected chi connectivity index (χ4v) is 2.54. The van der Waals surface area contributed by atoms with E-state index in [1.54, 1.807) is 7.11 Å². The Labute approximate surface area is 144 Å². The lowest BCUT2D eigenvalue weighted by Crippen LogP contribution is -2.35. The van der Waals surface area contributed by atoms with Gasteiger partial charge in [-0.25, -0.2) is 0 Å². The highest BCUT2D eigenvalue weighted by molar-refractivity contribution is 5.93. The van der Waals surface area contributed by atoms with E-state index in [2.05, 4.69) is 22.3 Å². The Bertz CT molecular complexity index is 656. The number of hydrogen-bond acceptors (Lipinski definition) is 3. The topological polar surface area (TPSA) is 41.6 Å². The number of benzene rings is 2. The van der Waals surface area contributed by atoms with Gasteiger partial charge < -0.3 is 10.1 Å². The molecule has 1 amide bonds. The Hall–Kier alpha value is -2.17. The highest BCUT2D eigenvalue weighted by Crippen LogP contribution is 2.16. The van der Waals surface area contributed by atoms with Gasteiger partial charge in [-0.2, -0.15) is 0 Å². The molecule has 1 N–H and O–H groups in total. The van der Waals surface area contributed by atoms with E-state index in [0.717, 1.165) is 23.4 Å². The van der Waals surface area contributed by atoms with Gasteiger partial charge in [0.05, 0.1) is 13.2 Å². The molecule has 0 fully saturated rings. The molecule has 0 aliphatic carbocycles. The molecule has 0 spiro atoms. The molecule has 2 aromatic carbocycles. The van der Waals surface area contributed by atoms with Crippen molar-refractivity contribution in [2.45, 2.75) is 20.4 Å². The van der Waals surface area contributed by atoms with Gasteiger partial charge in [0, 0.05) is 25.9 Å². The molecule has 0 bridgehead atoms. The molecule has 0 saturated carbocycles. The zero-order valence-corrected chi connectivity index (χ0v) is 14.7. The van der Waals surface area contributed by atoms with E-state index >= 15 is 0 Å². The summed E-state index contributed by atoms with van der Waals surface area (Å²) in [6.45, 7) is 6.41. The summed E-state index contributed by atoms with van der Waals surface area (Å²) in [6, 6.07) is 16.2. The van der Waals surface area contributed by atoms with Gasteiger partial charge in [-0.15, -0.1) is 0 Å². The van der Waals surface area contributed by atoms with E-state index in [1.807, 2.05) is 50.2 Å². The van der Waals surface area contributed by atoms with Gasteiger partial charge in [0.25, 0.3) is 0 Å². The molecule has 0 aliphatic rings. The first-order valence-corrected chi connectivity index (χ1v) is 8.21. The maximum atomic E-state index is 12.4. The van der Waals surface area contributed by atoms with Crippen LogP contribution in [0.4, 0.5) is 5.69 Å². The van der Waals surface area contributed by atoms with E-state index in [4.69, 9.17) is 4.74 Å². The van der Waals surface area contributed by atoms with Crippen molar-refractivity contribution >= 4 is 11.6 Å². The van der Waals surface area contributed by atoms with E-state index in [9.17, 15) is 4.79 Å². The molecule has 4 nitrogen and oxygen atoms in total. The molecule has 0 aliphatic heterocycles. The number of methoxy groups -OCH3 is 1. The Morgan fingerprint density at radius 2 is 1.88 bits per heavy atom. The van der Waals surface area contributed by atoms with Gasteiger partial charge in [0.2, 0.25) is 5.91 Å². The van der Waals surface area contributed by atoms with Gasteiger partial charge in [-0.1, -0.05) is 42.5 Å². The summed E-state index contributed by atoms with van der Waals surface area (Å²) in [5, 5.41) is 3.02. The van der Waals surface area contributed by atoms with Crippen molar-refractivity contribution in [1.82, 2.24) is 4.90 Å². The van der Waals surface area contributed by atoms with Crippen LogP contribution in [0.3, 0.4) is 0 Å². The molecular formula is C20H26N2O2. The highest BCUT2D eigenvalue weighted by Gasteiger charge is 2.12. The number of nitrogens with zero attached hydrogens (tertiary/aromatic N) is 1. The lowest BCUT2D eigenvalue weighted by molar-refractivity contribution is -0.117. The minimum Gasteiger partial charge on any atom is -0.383 e. The number of aryl methyl sites for hydroxylation is 2. The molecule has 0 heterocycles. The SMILES string of the molecule is COCCN(CC(=O)Nc1cc(C)ccc1C)Cc1ccccc1. The molecule has 0 unspecified atom stereocenters. The van der Waals surface area contributed by atoms with Crippen LogP contribution in [0.5, 0.6) is 0 Å². The van der Waals surface area contributed by atoms with Crippen LogP contribution in [0.2, 0.25) is 0 Å². The molecule has 0 atom stereocenters. The fourth-order valence-electron chi connectivity index (χ4n) is 2.54. The van der Waals surface area contributed by atoms with Crippen molar-refractivity contribution < 1.29 is 9.53 Å². The molecule has 4 heteroatoms. The summed E-state index contributed by atoms with van der Waals surface area (Å²) in [6.07, 6.45) is 0. The number of anilines is 1. The molecular weight excluding hydrogens is 300 g/mol. The summed E-state index contributed by atoms with van der Waals surface area (Å²) >= 11 is 0. The predicted molar refractivity (Wildman–Crippen MR) is 98.1 cm³/mol. The Morgan fingerprint density at radius 3 is 2.58 bits per heavy atom.